The van der Waals surface area contributed by atoms with E-state index in [0.29, 0.717) is 11.5 Å². The molecule has 28 heavy (non-hydrogen) atoms. The Morgan fingerprint density at radius 3 is 2.57 bits per heavy atom. The van der Waals surface area contributed by atoms with E-state index in [0.717, 1.165) is 39.1 Å². The zero-order valence-corrected chi connectivity index (χ0v) is 15.4. The topological polar surface area (TPSA) is 77.3 Å². The fraction of sp³-hybridized carbons (Fsp3) is 0.0952. The third-order valence-corrected chi connectivity index (χ3v) is 4.78. The van der Waals surface area contributed by atoms with Gasteiger partial charge in [0.25, 0.3) is 0 Å². The average molecular weight is 371 g/mol. The van der Waals surface area contributed by atoms with Crippen molar-refractivity contribution < 1.29 is 9.47 Å². The molecule has 0 fully saturated rings. The van der Waals surface area contributed by atoms with Gasteiger partial charge in [-0.1, -0.05) is 6.07 Å². The highest BCUT2D eigenvalue weighted by Crippen LogP contribution is 2.32. The van der Waals surface area contributed by atoms with Gasteiger partial charge in [0.1, 0.15) is 0 Å². The van der Waals surface area contributed by atoms with E-state index in [1.54, 1.807) is 14.2 Å². The van der Waals surface area contributed by atoms with Crippen LogP contribution in [0.4, 0.5) is 0 Å². The Morgan fingerprint density at radius 1 is 0.857 bits per heavy atom. The zero-order valence-electron chi connectivity index (χ0n) is 15.4. The van der Waals surface area contributed by atoms with Crippen molar-refractivity contribution in [3.8, 4) is 34.0 Å². The predicted octanol–water partition coefficient (Wildman–Crippen LogP) is 3.96. The standard InChI is InChI=1S/C21H17N5O2/c1-27-19-7-4-13(10-20(19)28-2)17-6-8-21-22-12-18(26(21)25-17)14-3-5-16-15(9-14)11-23-24-16/h3-12H,1-2H3,(H,23,24). The van der Waals surface area contributed by atoms with Crippen molar-refractivity contribution >= 4 is 16.6 Å². The first-order valence-electron chi connectivity index (χ1n) is 8.77. The van der Waals surface area contributed by atoms with Crippen molar-refractivity contribution in [1.29, 1.82) is 0 Å². The number of hydrogen-bond acceptors (Lipinski definition) is 5. The summed E-state index contributed by atoms with van der Waals surface area (Å²) < 4.78 is 12.6. The maximum absolute atomic E-state index is 5.42. The third-order valence-electron chi connectivity index (χ3n) is 4.78. The van der Waals surface area contributed by atoms with Crippen LogP contribution in [0.25, 0.3) is 39.1 Å². The molecule has 0 saturated carbocycles. The number of fused-ring (bicyclic) bond motifs is 2. The van der Waals surface area contributed by atoms with Crippen LogP contribution in [0.15, 0.2) is 60.9 Å². The van der Waals surface area contributed by atoms with Gasteiger partial charge in [-0.3, -0.25) is 5.10 Å². The number of nitrogens with zero attached hydrogens (tertiary/aromatic N) is 4. The van der Waals surface area contributed by atoms with Crippen molar-refractivity contribution in [3.63, 3.8) is 0 Å². The van der Waals surface area contributed by atoms with E-state index in [1.165, 1.54) is 0 Å². The van der Waals surface area contributed by atoms with Crippen LogP contribution in [-0.4, -0.2) is 39.0 Å². The van der Waals surface area contributed by atoms with Gasteiger partial charge in [-0.2, -0.15) is 10.2 Å². The lowest BCUT2D eigenvalue weighted by Crippen LogP contribution is -1.97. The number of methoxy groups -OCH3 is 2. The molecule has 138 valence electrons. The van der Waals surface area contributed by atoms with Crippen LogP contribution in [0.5, 0.6) is 11.5 Å². The first-order chi connectivity index (χ1) is 13.8. The number of aromatic nitrogens is 5. The van der Waals surface area contributed by atoms with Gasteiger partial charge in [0.15, 0.2) is 17.1 Å². The Hall–Kier alpha value is -3.87. The monoisotopic (exact) mass is 371 g/mol. The lowest BCUT2D eigenvalue weighted by atomic mass is 10.1. The van der Waals surface area contributed by atoms with Crippen molar-refractivity contribution in [2.75, 3.05) is 14.2 Å². The van der Waals surface area contributed by atoms with E-state index in [1.807, 2.05) is 59.4 Å². The largest absolute Gasteiger partial charge is 0.493 e. The maximum Gasteiger partial charge on any atom is 0.161 e. The van der Waals surface area contributed by atoms with E-state index in [-0.39, 0.29) is 0 Å². The molecule has 5 aromatic rings. The number of imidazole rings is 1. The fourth-order valence-electron chi connectivity index (χ4n) is 3.32. The van der Waals surface area contributed by atoms with E-state index in [4.69, 9.17) is 14.6 Å². The molecular formula is C21H17N5O2. The van der Waals surface area contributed by atoms with Gasteiger partial charge in [-0.15, -0.1) is 0 Å². The van der Waals surface area contributed by atoms with Gasteiger partial charge >= 0.3 is 0 Å². The third kappa shape index (κ3) is 2.56. The van der Waals surface area contributed by atoms with Crippen LogP contribution in [0, 0.1) is 0 Å². The SMILES string of the molecule is COc1ccc(-c2ccc3ncc(-c4ccc5[nH]ncc5c4)n3n2)cc1OC. The van der Waals surface area contributed by atoms with Gasteiger partial charge in [0.05, 0.1) is 43.5 Å². The molecule has 5 rings (SSSR count). The Balaban J connectivity index is 1.64. The van der Waals surface area contributed by atoms with Gasteiger partial charge in [0, 0.05) is 16.5 Å². The summed E-state index contributed by atoms with van der Waals surface area (Å²) in [5.41, 5.74) is 5.48. The van der Waals surface area contributed by atoms with Gasteiger partial charge in [-0.05, 0) is 42.5 Å². The molecule has 0 atom stereocenters. The highest BCUT2D eigenvalue weighted by molar-refractivity contribution is 5.83. The first-order valence-corrected chi connectivity index (χ1v) is 8.77. The second kappa shape index (κ2) is 6.38. The molecule has 3 aromatic heterocycles. The Labute approximate surface area is 160 Å². The molecule has 7 heteroatoms. The molecule has 0 aliphatic heterocycles. The molecule has 0 bridgehead atoms. The number of rotatable bonds is 4. The number of ether oxygens (including phenoxy) is 2. The summed E-state index contributed by atoms with van der Waals surface area (Å²) in [7, 11) is 3.24. The number of hydrogen-bond donors (Lipinski definition) is 1. The van der Waals surface area contributed by atoms with E-state index >= 15 is 0 Å². The Morgan fingerprint density at radius 2 is 1.71 bits per heavy atom. The predicted molar refractivity (Wildman–Crippen MR) is 107 cm³/mol. The lowest BCUT2D eigenvalue weighted by Gasteiger charge is -2.10. The summed E-state index contributed by atoms with van der Waals surface area (Å²) in [5.74, 6) is 1.35. The average Bonchev–Trinajstić information content (AvgIpc) is 3.38. The quantitative estimate of drug-likeness (QED) is 0.517. The molecule has 0 amide bonds. The molecule has 2 aromatic carbocycles. The molecule has 0 saturated heterocycles. The van der Waals surface area contributed by atoms with Crippen LogP contribution in [-0.2, 0) is 0 Å². The number of nitrogens with one attached hydrogen (secondary N) is 1. The summed E-state index contributed by atoms with van der Waals surface area (Å²) in [6, 6.07) is 15.8. The van der Waals surface area contributed by atoms with Crippen molar-refractivity contribution in [3.05, 3.63) is 60.9 Å². The fourth-order valence-corrected chi connectivity index (χ4v) is 3.32. The second-order valence-electron chi connectivity index (χ2n) is 6.37. The van der Waals surface area contributed by atoms with Crippen molar-refractivity contribution in [2.45, 2.75) is 0 Å². The molecular weight excluding hydrogens is 354 g/mol. The summed E-state index contributed by atoms with van der Waals surface area (Å²) in [5, 5.41) is 12.9. The van der Waals surface area contributed by atoms with E-state index in [2.05, 4.69) is 21.2 Å². The molecule has 0 unspecified atom stereocenters. The number of aromatic amines is 1. The van der Waals surface area contributed by atoms with E-state index < -0.39 is 0 Å². The molecule has 0 spiro atoms. The molecule has 0 aliphatic rings. The molecule has 0 aliphatic carbocycles. The van der Waals surface area contributed by atoms with Crippen molar-refractivity contribution in [2.24, 2.45) is 0 Å². The van der Waals surface area contributed by atoms with Gasteiger partial charge in [-0.25, -0.2) is 9.50 Å². The highest BCUT2D eigenvalue weighted by atomic mass is 16.5. The molecule has 0 radical (unpaired) electrons. The van der Waals surface area contributed by atoms with Crippen LogP contribution >= 0.6 is 0 Å². The summed E-state index contributed by atoms with van der Waals surface area (Å²) in [6.45, 7) is 0. The first kappa shape index (κ1) is 16.3. The normalized spacial score (nSPS) is 11.2. The van der Waals surface area contributed by atoms with Gasteiger partial charge < -0.3 is 9.47 Å². The minimum Gasteiger partial charge on any atom is -0.493 e. The van der Waals surface area contributed by atoms with Crippen LogP contribution in [0.1, 0.15) is 0 Å². The van der Waals surface area contributed by atoms with Crippen LogP contribution in [0.3, 0.4) is 0 Å². The van der Waals surface area contributed by atoms with Gasteiger partial charge in [0.2, 0.25) is 0 Å². The highest BCUT2D eigenvalue weighted by Gasteiger charge is 2.12. The number of H-pyrrole nitrogens is 1. The van der Waals surface area contributed by atoms with E-state index in [9.17, 15) is 0 Å². The summed E-state index contributed by atoms with van der Waals surface area (Å²) in [4.78, 5) is 4.49. The van der Waals surface area contributed by atoms with Crippen LogP contribution in [0.2, 0.25) is 0 Å². The second-order valence-corrected chi connectivity index (χ2v) is 6.37. The Kier molecular flexibility index (Phi) is 3.72. The minimum absolute atomic E-state index is 0.665. The Bertz CT molecular complexity index is 1300. The smallest absolute Gasteiger partial charge is 0.161 e. The summed E-state index contributed by atoms with van der Waals surface area (Å²) in [6.07, 6.45) is 3.65. The van der Waals surface area contributed by atoms with Crippen molar-refractivity contribution in [1.82, 2.24) is 24.8 Å². The molecule has 3 heterocycles. The summed E-state index contributed by atoms with van der Waals surface area (Å²) >= 11 is 0. The minimum atomic E-state index is 0.665. The number of benzene rings is 2. The lowest BCUT2D eigenvalue weighted by molar-refractivity contribution is 0.355. The molecule has 7 nitrogen and oxygen atoms in total. The van der Waals surface area contributed by atoms with Crippen LogP contribution < -0.4 is 9.47 Å². The zero-order chi connectivity index (χ0) is 19.1. The molecule has 1 N–H and O–H groups in total. The maximum atomic E-state index is 5.42.